The van der Waals surface area contributed by atoms with Crippen LogP contribution in [0.3, 0.4) is 0 Å². The summed E-state index contributed by atoms with van der Waals surface area (Å²) in [6.07, 6.45) is 2.76. The number of nitrogens with zero attached hydrogens (tertiary/aromatic N) is 4. The SMILES string of the molecule is COc1ccc2nccc(C3CN(C4CCN(Cc5ccc([N+](=O)[O-])c(OC)c5)CC4)C(=O)O3)c2c1. The summed E-state index contributed by atoms with van der Waals surface area (Å²) in [5.74, 6) is 0.996. The van der Waals surface area contributed by atoms with Crippen LogP contribution in [0, 0.1) is 10.1 Å². The minimum Gasteiger partial charge on any atom is -0.497 e. The van der Waals surface area contributed by atoms with Crippen molar-refractivity contribution in [1.82, 2.24) is 14.8 Å². The van der Waals surface area contributed by atoms with Crippen LogP contribution in [0.25, 0.3) is 10.9 Å². The summed E-state index contributed by atoms with van der Waals surface area (Å²) < 4.78 is 16.4. The van der Waals surface area contributed by atoms with Crippen LogP contribution < -0.4 is 9.47 Å². The largest absolute Gasteiger partial charge is 0.497 e. The van der Waals surface area contributed by atoms with Crippen molar-refractivity contribution < 1.29 is 23.9 Å². The van der Waals surface area contributed by atoms with Gasteiger partial charge in [0.1, 0.15) is 11.9 Å². The molecule has 10 nitrogen and oxygen atoms in total. The van der Waals surface area contributed by atoms with Crippen molar-refractivity contribution in [3.05, 3.63) is 69.9 Å². The zero-order chi connectivity index (χ0) is 25.2. The maximum Gasteiger partial charge on any atom is 0.410 e. The molecule has 2 aliphatic rings. The van der Waals surface area contributed by atoms with Gasteiger partial charge in [-0.2, -0.15) is 0 Å². The molecule has 1 aromatic heterocycles. The number of rotatable bonds is 7. The average Bonchev–Trinajstić information content (AvgIpc) is 3.29. The molecule has 10 heteroatoms. The third-order valence-electron chi connectivity index (χ3n) is 7.01. The van der Waals surface area contributed by atoms with Gasteiger partial charge in [-0.3, -0.25) is 20.0 Å². The number of hydrogen-bond donors (Lipinski definition) is 0. The molecule has 3 heterocycles. The number of ether oxygens (including phenoxy) is 3. The van der Waals surface area contributed by atoms with E-state index >= 15 is 0 Å². The van der Waals surface area contributed by atoms with Crippen molar-refractivity contribution in [2.75, 3.05) is 33.9 Å². The number of carbonyl (C=O) groups is 1. The molecule has 2 saturated heterocycles. The summed E-state index contributed by atoms with van der Waals surface area (Å²) >= 11 is 0. The number of likely N-dealkylation sites (tertiary alicyclic amines) is 1. The average molecular weight is 493 g/mol. The maximum atomic E-state index is 12.8. The van der Waals surface area contributed by atoms with E-state index in [0.29, 0.717) is 13.1 Å². The van der Waals surface area contributed by atoms with E-state index in [-0.39, 0.29) is 29.7 Å². The number of pyridine rings is 1. The van der Waals surface area contributed by atoms with E-state index in [4.69, 9.17) is 14.2 Å². The molecule has 0 aliphatic carbocycles. The fourth-order valence-corrected chi connectivity index (χ4v) is 5.11. The Bertz CT molecular complexity index is 1290. The molecule has 36 heavy (non-hydrogen) atoms. The van der Waals surface area contributed by atoms with Crippen molar-refractivity contribution in [3.8, 4) is 11.5 Å². The van der Waals surface area contributed by atoms with Crippen LogP contribution in [-0.4, -0.2) is 65.7 Å². The first-order valence-corrected chi connectivity index (χ1v) is 11.9. The molecular formula is C26H28N4O6. The third-order valence-corrected chi connectivity index (χ3v) is 7.01. The molecule has 1 unspecified atom stereocenters. The van der Waals surface area contributed by atoms with Crippen molar-refractivity contribution in [1.29, 1.82) is 0 Å². The lowest BCUT2D eigenvalue weighted by Gasteiger charge is -2.35. The Balaban J connectivity index is 1.23. The highest BCUT2D eigenvalue weighted by molar-refractivity contribution is 5.84. The Kier molecular flexibility index (Phi) is 6.60. The molecule has 0 bridgehead atoms. The van der Waals surface area contributed by atoms with Crippen LogP contribution >= 0.6 is 0 Å². The molecule has 0 spiro atoms. The fourth-order valence-electron chi connectivity index (χ4n) is 5.11. The first-order chi connectivity index (χ1) is 17.5. The minimum absolute atomic E-state index is 0.0394. The van der Waals surface area contributed by atoms with Gasteiger partial charge in [-0.15, -0.1) is 0 Å². The number of benzene rings is 2. The molecule has 0 saturated carbocycles. The van der Waals surface area contributed by atoms with Crippen LogP contribution in [0.15, 0.2) is 48.7 Å². The molecular weight excluding hydrogens is 464 g/mol. The number of amides is 1. The zero-order valence-electron chi connectivity index (χ0n) is 20.3. The fraction of sp³-hybridized carbons (Fsp3) is 0.385. The van der Waals surface area contributed by atoms with Gasteiger partial charge in [-0.05, 0) is 48.7 Å². The van der Waals surface area contributed by atoms with E-state index in [1.165, 1.54) is 13.2 Å². The van der Waals surface area contributed by atoms with Gasteiger partial charge < -0.3 is 19.1 Å². The predicted molar refractivity (Wildman–Crippen MR) is 132 cm³/mol. The molecule has 2 fully saturated rings. The zero-order valence-corrected chi connectivity index (χ0v) is 20.3. The van der Waals surface area contributed by atoms with Crippen LogP contribution in [0.1, 0.15) is 30.1 Å². The molecule has 0 radical (unpaired) electrons. The normalized spacial score (nSPS) is 18.9. The highest BCUT2D eigenvalue weighted by Gasteiger charge is 2.38. The lowest BCUT2D eigenvalue weighted by molar-refractivity contribution is -0.385. The molecule has 188 valence electrons. The lowest BCUT2D eigenvalue weighted by Crippen LogP contribution is -2.45. The van der Waals surface area contributed by atoms with Gasteiger partial charge in [-0.25, -0.2) is 4.79 Å². The van der Waals surface area contributed by atoms with E-state index in [1.54, 1.807) is 25.4 Å². The number of hydrogen-bond acceptors (Lipinski definition) is 8. The topological polar surface area (TPSA) is 107 Å². The Morgan fingerprint density at radius 1 is 1.11 bits per heavy atom. The maximum absolute atomic E-state index is 12.8. The van der Waals surface area contributed by atoms with Gasteiger partial charge >= 0.3 is 11.8 Å². The van der Waals surface area contributed by atoms with Crippen molar-refractivity contribution in [2.45, 2.75) is 31.5 Å². The second-order valence-corrected chi connectivity index (χ2v) is 9.08. The predicted octanol–water partition coefficient (Wildman–Crippen LogP) is 4.32. The molecule has 1 amide bonds. The highest BCUT2D eigenvalue weighted by Crippen LogP contribution is 2.35. The minimum atomic E-state index is -0.443. The summed E-state index contributed by atoms with van der Waals surface area (Å²) in [5.41, 5.74) is 2.68. The number of methoxy groups -OCH3 is 2. The van der Waals surface area contributed by atoms with E-state index in [2.05, 4.69) is 9.88 Å². The number of nitro benzene ring substituents is 1. The Hall–Kier alpha value is -3.92. The number of piperidine rings is 1. The summed E-state index contributed by atoms with van der Waals surface area (Å²) in [6, 6.07) is 12.7. The number of fused-ring (bicyclic) bond motifs is 1. The van der Waals surface area contributed by atoms with Gasteiger partial charge in [0.15, 0.2) is 5.75 Å². The number of nitro groups is 1. The molecule has 1 atom stereocenters. The number of aromatic nitrogens is 1. The van der Waals surface area contributed by atoms with Gasteiger partial charge in [0, 0.05) is 48.9 Å². The van der Waals surface area contributed by atoms with E-state index in [9.17, 15) is 14.9 Å². The van der Waals surface area contributed by atoms with Crippen LogP contribution in [0.2, 0.25) is 0 Å². The van der Waals surface area contributed by atoms with Crippen LogP contribution in [-0.2, 0) is 11.3 Å². The van der Waals surface area contributed by atoms with Gasteiger partial charge in [-0.1, -0.05) is 6.07 Å². The third kappa shape index (κ3) is 4.64. The molecule has 3 aromatic rings. The Morgan fingerprint density at radius 3 is 2.64 bits per heavy atom. The van der Waals surface area contributed by atoms with Crippen molar-refractivity contribution >= 4 is 22.7 Å². The highest BCUT2D eigenvalue weighted by atomic mass is 16.6. The Labute approximate surface area is 208 Å². The second kappa shape index (κ2) is 9.98. The first-order valence-electron chi connectivity index (χ1n) is 11.9. The summed E-state index contributed by atoms with van der Waals surface area (Å²) in [6.45, 7) is 2.79. The lowest BCUT2D eigenvalue weighted by atomic mass is 10.0. The molecule has 2 aliphatic heterocycles. The number of cyclic esters (lactones) is 1. The second-order valence-electron chi connectivity index (χ2n) is 9.08. The quantitative estimate of drug-likeness (QED) is 0.355. The smallest absolute Gasteiger partial charge is 0.410 e. The summed E-state index contributed by atoms with van der Waals surface area (Å²) in [4.78, 5) is 32.1. The van der Waals surface area contributed by atoms with Crippen molar-refractivity contribution in [3.63, 3.8) is 0 Å². The summed E-state index contributed by atoms with van der Waals surface area (Å²) in [5, 5.41) is 12.1. The number of carbonyl (C=O) groups excluding carboxylic acids is 1. The van der Waals surface area contributed by atoms with E-state index in [0.717, 1.165) is 53.7 Å². The molecule has 2 aromatic carbocycles. The van der Waals surface area contributed by atoms with Gasteiger partial charge in [0.05, 0.1) is 31.2 Å². The molecule has 0 N–H and O–H groups in total. The Morgan fingerprint density at radius 2 is 1.92 bits per heavy atom. The molecule has 5 rings (SSSR count). The standard InChI is InChI=1S/C26H28N4O6/c1-34-19-4-5-22-21(14-19)20(7-10-27-22)25-16-29(26(31)36-25)18-8-11-28(12-9-18)15-17-3-6-23(30(32)33)24(13-17)35-2/h3-7,10,13-14,18,25H,8-9,11-12,15-16H2,1-2H3. The first kappa shape index (κ1) is 23.8. The summed E-state index contributed by atoms with van der Waals surface area (Å²) in [7, 11) is 3.06. The van der Waals surface area contributed by atoms with Gasteiger partial charge in [0.25, 0.3) is 0 Å². The van der Waals surface area contributed by atoms with Crippen molar-refractivity contribution in [2.24, 2.45) is 0 Å². The van der Waals surface area contributed by atoms with E-state index in [1.807, 2.05) is 29.2 Å². The van der Waals surface area contributed by atoms with E-state index < -0.39 is 4.92 Å². The monoisotopic (exact) mass is 492 g/mol. The van der Waals surface area contributed by atoms with Crippen LogP contribution in [0.5, 0.6) is 11.5 Å². The van der Waals surface area contributed by atoms with Crippen LogP contribution in [0.4, 0.5) is 10.5 Å². The van der Waals surface area contributed by atoms with Gasteiger partial charge in [0.2, 0.25) is 0 Å².